The number of methoxy groups -OCH3 is 1. The van der Waals surface area contributed by atoms with E-state index in [4.69, 9.17) is 4.74 Å². The van der Waals surface area contributed by atoms with Gasteiger partial charge in [0.2, 0.25) is 0 Å². The van der Waals surface area contributed by atoms with Gasteiger partial charge in [0.05, 0.1) is 30.3 Å². The maximum Gasteiger partial charge on any atom is 0.118 e. The molecule has 0 saturated heterocycles. The van der Waals surface area contributed by atoms with Crippen molar-refractivity contribution in [3.63, 3.8) is 0 Å². The van der Waals surface area contributed by atoms with E-state index in [1.54, 1.807) is 14.0 Å². The molecule has 0 aliphatic heterocycles. The Bertz CT molecular complexity index is 747. The van der Waals surface area contributed by atoms with Crippen molar-refractivity contribution in [2.75, 3.05) is 7.11 Å². The smallest absolute Gasteiger partial charge is 0.118 e. The van der Waals surface area contributed by atoms with Crippen molar-refractivity contribution in [3.8, 4) is 22.7 Å². The number of hydrogen-bond acceptors (Lipinski definition) is 3. The van der Waals surface area contributed by atoms with Gasteiger partial charge in [0.1, 0.15) is 5.75 Å². The third-order valence-electron chi connectivity index (χ3n) is 3.54. The standard InChI is InChI=1S/C18H18N2O2/c1-13(21)17-12-18(14-8-10-16(22-2)11-9-14)20(19-17)15-6-4-3-5-7-15/h3-13,21H,1-2H3. The minimum atomic E-state index is -0.609. The summed E-state index contributed by atoms with van der Waals surface area (Å²) in [4.78, 5) is 0. The molecule has 0 aliphatic rings. The van der Waals surface area contributed by atoms with Gasteiger partial charge in [-0.3, -0.25) is 0 Å². The molecule has 22 heavy (non-hydrogen) atoms. The van der Waals surface area contributed by atoms with Gasteiger partial charge >= 0.3 is 0 Å². The number of nitrogens with zero attached hydrogens (tertiary/aromatic N) is 2. The molecule has 1 aromatic heterocycles. The molecule has 1 heterocycles. The van der Waals surface area contributed by atoms with Gasteiger partial charge in [-0.2, -0.15) is 5.10 Å². The fraction of sp³-hybridized carbons (Fsp3) is 0.167. The van der Waals surface area contributed by atoms with E-state index in [2.05, 4.69) is 5.10 Å². The molecule has 4 heteroatoms. The maximum absolute atomic E-state index is 9.84. The van der Waals surface area contributed by atoms with Gasteiger partial charge in [-0.05, 0) is 49.4 Å². The monoisotopic (exact) mass is 294 g/mol. The molecule has 0 spiro atoms. The van der Waals surface area contributed by atoms with Crippen LogP contribution in [-0.4, -0.2) is 22.0 Å². The molecule has 1 atom stereocenters. The quantitative estimate of drug-likeness (QED) is 0.799. The Balaban J connectivity index is 2.12. The average molecular weight is 294 g/mol. The molecule has 112 valence electrons. The van der Waals surface area contributed by atoms with Crippen LogP contribution < -0.4 is 4.74 Å². The minimum absolute atomic E-state index is 0.609. The van der Waals surface area contributed by atoms with Crippen LogP contribution in [0.4, 0.5) is 0 Å². The molecule has 4 nitrogen and oxygen atoms in total. The summed E-state index contributed by atoms with van der Waals surface area (Å²) in [5.41, 5.74) is 3.56. The maximum atomic E-state index is 9.84. The highest BCUT2D eigenvalue weighted by Gasteiger charge is 2.14. The van der Waals surface area contributed by atoms with Gasteiger partial charge in [0, 0.05) is 5.56 Å². The third kappa shape index (κ3) is 2.73. The molecule has 1 N–H and O–H groups in total. The summed E-state index contributed by atoms with van der Waals surface area (Å²) in [6, 6.07) is 19.6. The zero-order chi connectivity index (χ0) is 15.5. The molecule has 0 bridgehead atoms. The van der Waals surface area contributed by atoms with E-state index in [0.29, 0.717) is 5.69 Å². The van der Waals surface area contributed by atoms with Gasteiger partial charge in [-0.25, -0.2) is 4.68 Å². The lowest BCUT2D eigenvalue weighted by Gasteiger charge is -2.08. The normalized spacial score (nSPS) is 12.1. The second-order valence-electron chi connectivity index (χ2n) is 5.11. The van der Waals surface area contributed by atoms with Crippen molar-refractivity contribution < 1.29 is 9.84 Å². The highest BCUT2D eigenvalue weighted by atomic mass is 16.5. The molecule has 1 unspecified atom stereocenters. The number of ether oxygens (including phenoxy) is 1. The molecule has 0 radical (unpaired) electrons. The molecular formula is C18H18N2O2. The minimum Gasteiger partial charge on any atom is -0.497 e. The van der Waals surface area contributed by atoms with E-state index in [1.165, 1.54) is 0 Å². The second-order valence-corrected chi connectivity index (χ2v) is 5.11. The van der Waals surface area contributed by atoms with Crippen LogP contribution >= 0.6 is 0 Å². The summed E-state index contributed by atoms with van der Waals surface area (Å²) in [5.74, 6) is 0.810. The number of aliphatic hydroxyl groups is 1. The molecule has 3 aromatic rings. The van der Waals surface area contributed by atoms with E-state index in [1.807, 2.05) is 65.3 Å². The lowest BCUT2D eigenvalue weighted by molar-refractivity contribution is 0.193. The Labute approximate surface area is 129 Å². The SMILES string of the molecule is COc1ccc(-c2cc(C(C)O)nn2-c2ccccc2)cc1. The summed E-state index contributed by atoms with van der Waals surface area (Å²) >= 11 is 0. The largest absolute Gasteiger partial charge is 0.497 e. The average Bonchev–Trinajstić information content (AvgIpc) is 3.01. The van der Waals surface area contributed by atoms with Gasteiger partial charge in [0.15, 0.2) is 0 Å². The Morgan fingerprint density at radius 3 is 2.32 bits per heavy atom. The van der Waals surface area contributed by atoms with E-state index in [0.717, 1.165) is 22.7 Å². The predicted octanol–water partition coefficient (Wildman–Crippen LogP) is 3.60. The first-order chi connectivity index (χ1) is 10.7. The van der Waals surface area contributed by atoms with Crippen molar-refractivity contribution in [1.29, 1.82) is 0 Å². The molecule has 0 aliphatic carbocycles. The van der Waals surface area contributed by atoms with E-state index >= 15 is 0 Å². The fourth-order valence-corrected chi connectivity index (χ4v) is 2.34. The van der Waals surface area contributed by atoms with E-state index < -0.39 is 6.10 Å². The van der Waals surface area contributed by atoms with Crippen molar-refractivity contribution >= 4 is 0 Å². The summed E-state index contributed by atoms with van der Waals surface area (Å²) in [5, 5.41) is 14.4. The Hall–Kier alpha value is -2.59. The Morgan fingerprint density at radius 1 is 1.05 bits per heavy atom. The number of aromatic nitrogens is 2. The molecule has 0 amide bonds. The van der Waals surface area contributed by atoms with E-state index in [-0.39, 0.29) is 0 Å². The number of para-hydroxylation sites is 1. The number of rotatable bonds is 4. The van der Waals surface area contributed by atoms with Gasteiger partial charge < -0.3 is 9.84 Å². The highest BCUT2D eigenvalue weighted by Crippen LogP contribution is 2.27. The van der Waals surface area contributed by atoms with Crippen LogP contribution in [0.2, 0.25) is 0 Å². The highest BCUT2D eigenvalue weighted by molar-refractivity contribution is 5.63. The van der Waals surface area contributed by atoms with Crippen LogP contribution in [0.1, 0.15) is 18.7 Å². The number of aliphatic hydroxyl groups excluding tert-OH is 1. The third-order valence-corrected chi connectivity index (χ3v) is 3.54. The van der Waals surface area contributed by atoms with Crippen molar-refractivity contribution in [1.82, 2.24) is 9.78 Å². The number of benzene rings is 2. The van der Waals surface area contributed by atoms with Crippen LogP contribution in [0.3, 0.4) is 0 Å². The zero-order valence-corrected chi connectivity index (χ0v) is 12.6. The van der Waals surface area contributed by atoms with Crippen LogP contribution in [0.15, 0.2) is 60.7 Å². The van der Waals surface area contributed by atoms with Crippen LogP contribution in [-0.2, 0) is 0 Å². The summed E-state index contributed by atoms with van der Waals surface area (Å²) in [7, 11) is 1.65. The van der Waals surface area contributed by atoms with Gasteiger partial charge in [-0.1, -0.05) is 18.2 Å². The van der Waals surface area contributed by atoms with Crippen LogP contribution in [0.5, 0.6) is 5.75 Å². The fourth-order valence-electron chi connectivity index (χ4n) is 2.34. The van der Waals surface area contributed by atoms with Crippen molar-refractivity contribution in [2.45, 2.75) is 13.0 Å². The molecule has 3 rings (SSSR count). The molecular weight excluding hydrogens is 276 g/mol. The Morgan fingerprint density at radius 2 is 1.73 bits per heavy atom. The second kappa shape index (κ2) is 6.03. The topological polar surface area (TPSA) is 47.3 Å². The predicted molar refractivity (Wildman–Crippen MR) is 86.2 cm³/mol. The molecule has 0 fully saturated rings. The van der Waals surface area contributed by atoms with Crippen molar-refractivity contribution in [3.05, 3.63) is 66.4 Å². The first-order valence-corrected chi connectivity index (χ1v) is 7.17. The molecule has 2 aromatic carbocycles. The summed E-state index contributed by atoms with van der Waals surface area (Å²) in [6.45, 7) is 1.72. The number of hydrogen-bond donors (Lipinski definition) is 1. The van der Waals surface area contributed by atoms with Crippen LogP contribution in [0, 0.1) is 0 Å². The summed E-state index contributed by atoms with van der Waals surface area (Å²) < 4.78 is 7.05. The first-order valence-electron chi connectivity index (χ1n) is 7.17. The van der Waals surface area contributed by atoms with E-state index in [9.17, 15) is 5.11 Å². The van der Waals surface area contributed by atoms with Crippen LogP contribution in [0.25, 0.3) is 16.9 Å². The van der Waals surface area contributed by atoms with Crippen molar-refractivity contribution in [2.24, 2.45) is 0 Å². The zero-order valence-electron chi connectivity index (χ0n) is 12.6. The Kier molecular flexibility index (Phi) is 3.94. The molecule has 0 saturated carbocycles. The van der Waals surface area contributed by atoms with Gasteiger partial charge in [0.25, 0.3) is 0 Å². The lowest BCUT2D eigenvalue weighted by Crippen LogP contribution is -2.00. The summed E-state index contributed by atoms with van der Waals surface area (Å²) in [6.07, 6.45) is -0.609. The van der Waals surface area contributed by atoms with Gasteiger partial charge in [-0.15, -0.1) is 0 Å². The first kappa shape index (κ1) is 14.4. The lowest BCUT2D eigenvalue weighted by atomic mass is 10.1.